The predicted molar refractivity (Wildman–Crippen MR) is 90.2 cm³/mol. The highest BCUT2D eigenvalue weighted by molar-refractivity contribution is 7.92. The van der Waals surface area contributed by atoms with Gasteiger partial charge in [-0.15, -0.1) is 0 Å². The molecule has 0 aromatic heterocycles. The predicted octanol–water partition coefficient (Wildman–Crippen LogP) is 4.42. The quantitative estimate of drug-likeness (QED) is 0.746. The summed E-state index contributed by atoms with van der Waals surface area (Å²) < 4.78 is 46.1. The number of hydrogen-bond donors (Lipinski definition) is 1. The van der Waals surface area contributed by atoms with Crippen LogP contribution in [0.25, 0.3) is 0 Å². The standard InChI is InChI=1S/C18H14FNO3S/c19-17-8-4-5-9-18(17)24(21,22)20-14-10-12-16(13-11-14)23-15-6-2-1-3-7-15/h1-13,20H. The highest BCUT2D eigenvalue weighted by Crippen LogP contribution is 2.24. The van der Waals surface area contributed by atoms with Crippen LogP contribution in [0.1, 0.15) is 0 Å². The number of ether oxygens (including phenoxy) is 1. The molecule has 24 heavy (non-hydrogen) atoms. The molecule has 0 fully saturated rings. The zero-order chi connectivity index (χ0) is 17.0. The third-order valence-corrected chi connectivity index (χ3v) is 4.63. The second-order valence-electron chi connectivity index (χ2n) is 4.98. The lowest BCUT2D eigenvalue weighted by Crippen LogP contribution is -2.14. The zero-order valence-electron chi connectivity index (χ0n) is 12.5. The van der Waals surface area contributed by atoms with Crippen molar-refractivity contribution in [2.75, 3.05) is 4.72 Å². The van der Waals surface area contributed by atoms with E-state index >= 15 is 0 Å². The molecule has 0 saturated carbocycles. The van der Waals surface area contributed by atoms with Gasteiger partial charge in [0.1, 0.15) is 22.2 Å². The van der Waals surface area contributed by atoms with Gasteiger partial charge < -0.3 is 4.74 Å². The van der Waals surface area contributed by atoms with Crippen molar-refractivity contribution < 1.29 is 17.5 Å². The molecular weight excluding hydrogens is 329 g/mol. The van der Waals surface area contributed by atoms with E-state index in [1.54, 1.807) is 24.3 Å². The molecule has 3 aromatic rings. The lowest BCUT2D eigenvalue weighted by molar-refractivity contribution is 0.483. The molecule has 0 heterocycles. The van der Waals surface area contributed by atoms with Crippen LogP contribution in [0.2, 0.25) is 0 Å². The second kappa shape index (κ2) is 6.72. The molecule has 0 spiro atoms. The maximum Gasteiger partial charge on any atom is 0.264 e. The Bertz CT molecular complexity index is 926. The van der Waals surface area contributed by atoms with Crippen LogP contribution in [0, 0.1) is 5.82 Å². The van der Waals surface area contributed by atoms with Crippen molar-refractivity contribution in [1.29, 1.82) is 0 Å². The Balaban J connectivity index is 1.76. The largest absolute Gasteiger partial charge is 0.457 e. The van der Waals surface area contributed by atoms with Crippen molar-refractivity contribution >= 4 is 15.7 Å². The fraction of sp³-hybridized carbons (Fsp3) is 0. The molecule has 3 aromatic carbocycles. The van der Waals surface area contributed by atoms with Crippen molar-refractivity contribution in [3.63, 3.8) is 0 Å². The molecule has 0 aliphatic rings. The van der Waals surface area contributed by atoms with Gasteiger partial charge in [0.25, 0.3) is 10.0 Å². The monoisotopic (exact) mass is 343 g/mol. The van der Waals surface area contributed by atoms with Gasteiger partial charge in [0, 0.05) is 5.69 Å². The van der Waals surface area contributed by atoms with E-state index in [4.69, 9.17) is 4.74 Å². The fourth-order valence-electron chi connectivity index (χ4n) is 2.09. The van der Waals surface area contributed by atoms with Gasteiger partial charge in [-0.3, -0.25) is 4.72 Å². The van der Waals surface area contributed by atoms with Crippen LogP contribution in [-0.2, 0) is 10.0 Å². The molecule has 0 aliphatic heterocycles. The highest BCUT2D eigenvalue weighted by atomic mass is 32.2. The lowest BCUT2D eigenvalue weighted by atomic mass is 10.3. The highest BCUT2D eigenvalue weighted by Gasteiger charge is 2.18. The van der Waals surface area contributed by atoms with E-state index in [-0.39, 0.29) is 0 Å². The molecule has 0 saturated heterocycles. The average molecular weight is 343 g/mol. The van der Waals surface area contributed by atoms with Crippen LogP contribution in [-0.4, -0.2) is 8.42 Å². The normalized spacial score (nSPS) is 11.0. The molecule has 0 amide bonds. The van der Waals surface area contributed by atoms with Gasteiger partial charge >= 0.3 is 0 Å². The van der Waals surface area contributed by atoms with Gasteiger partial charge in [0.2, 0.25) is 0 Å². The van der Waals surface area contributed by atoms with E-state index < -0.39 is 20.7 Å². The lowest BCUT2D eigenvalue weighted by Gasteiger charge is -2.10. The zero-order valence-corrected chi connectivity index (χ0v) is 13.3. The van der Waals surface area contributed by atoms with E-state index in [9.17, 15) is 12.8 Å². The van der Waals surface area contributed by atoms with Crippen LogP contribution in [0.4, 0.5) is 10.1 Å². The Kier molecular flexibility index (Phi) is 4.48. The maximum atomic E-state index is 13.7. The van der Waals surface area contributed by atoms with Crippen LogP contribution >= 0.6 is 0 Å². The molecular formula is C18H14FNO3S. The SMILES string of the molecule is O=S(=O)(Nc1ccc(Oc2ccccc2)cc1)c1ccccc1F. The Hall–Kier alpha value is -2.86. The first-order chi connectivity index (χ1) is 11.5. The Labute approximate surface area is 139 Å². The third-order valence-electron chi connectivity index (χ3n) is 3.21. The minimum absolute atomic E-state index is 0.318. The van der Waals surface area contributed by atoms with Crippen molar-refractivity contribution in [2.45, 2.75) is 4.90 Å². The molecule has 6 heteroatoms. The number of halogens is 1. The van der Waals surface area contributed by atoms with Gasteiger partial charge in [0.15, 0.2) is 0 Å². The van der Waals surface area contributed by atoms with E-state index in [0.717, 1.165) is 6.07 Å². The van der Waals surface area contributed by atoms with E-state index in [0.29, 0.717) is 17.2 Å². The molecule has 4 nitrogen and oxygen atoms in total. The Morgan fingerprint density at radius 3 is 2.00 bits per heavy atom. The smallest absolute Gasteiger partial charge is 0.264 e. The molecule has 0 unspecified atom stereocenters. The van der Waals surface area contributed by atoms with Gasteiger partial charge in [-0.05, 0) is 48.5 Å². The molecule has 0 atom stereocenters. The molecule has 122 valence electrons. The summed E-state index contributed by atoms with van der Waals surface area (Å²) in [5.41, 5.74) is 0.318. The van der Waals surface area contributed by atoms with Crippen LogP contribution in [0.5, 0.6) is 11.5 Å². The average Bonchev–Trinajstić information content (AvgIpc) is 2.58. The fourth-order valence-corrected chi connectivity index (χ4v) is 3.23. The Morgan fingerprint density at radius 1 is 0.750 bits per heavy atom. The van der Waals surface area contributed by atoms with Crippen molar-refractivity contribution in [3.05, 3.63) is 84.7 Å². The molecule has 3 rings (SSSR count). The summed E-state index contributed by atoms with van der Waals surface area (Å²) in [6, 6.07) is 20.8. The van der Waals surface area contributed by atoms with Gasteiger partial charge in [-0.25, -0.2) is 12.8 Å². The number of rotatable bonds is 5. The maximum absolute atomic E-state index is 13.7. The molecule has 1 N–H and O–H groups in total. The van der Waals surface area contributed by atoms with Crippen LogP contribution in [0.15, 0.2) is 83.8 Å². The Morgan fingerprint density at radius 2 is 1.33 bits per heavy atom. The number of nitrogens with one attached hydrogen (secondary N) is 1. The van der Waals surface area contributed by atoms with Crippen molar-refractivity contribution in [1.82, 2.24) is 0 Å². The summed E-state index contributed by atoms with van der Waals surface area (Å²) in [6.07, 6.45) is 0. The van der Waals surface area contributed by atoms with Crippen LogP contribution < -0.4 is 9.46 Å². The number of anilines is 1. The minimum Gasteiger partial charge on any atom is -0.457 e. The summed E-state index contributed by atoms with van der Waals surface area (Å²) in [7, 11) is -3.98. The van der Waals surface area contributed by atoms with Crippen molar-refractivity contribution in [2.24, 2.45) is 0 Å². The minimum atomic E-state index is -3.98. The summed E-state index contributed by atoms with van der Waals surface area (Å²) >= 11 is 0. The molecule has 0 aliphatic carbocycles. The summed E-state index contributed by atoms with van der Waals surface area (Å²) in [5, 5.41) is 0. The molecule has 0 bridgehead atoms. The summed E-state index contributed by atoms with van der Waals surface area (Å²) in [4.78, 5) is -0.394. The first-order valence-corrected chi connectivity index (χ1v) is 8.63. The number of hydrogen-bond acceptors (Lipinski definition) is 3. The van der Waals surface area contributed by atoms with Gasteiger partial charge in [-0.2, -0.15) is 0 Å². The van der Waals surface area contributed by atoms with Crippen molar-refractivity contribution in [3.8, 4) is 11.5 Å². The van der Waals surface area contributed by atoms with E-state index in [2.05, 4.69) is 4.72 Å². The van der Waals surface area contributed by atoms with E-state index in [1.807, 2.05) is 30.3 Å². The van der Waals surface area contributed by atoms with Gasteiger partial charge in [0.05, 0.1) is 0 Å². The molecule has 0 radical (unpaired) electrons. The van der Waals surface area contributed by atoms with Crippen LogP contribution in [0.3, 0.4) is 0 Å². The number of para-hydroxylation sites is 1. The second-order valence-corrected chi connectivity index (χ2v) is 6.63. The first kappa shape index (κ1) is 16.0. The first-order valence-electron chi connectivity index (χ1n) is 7.15. The van der Waals surface area contributed by atoms with Gasteiger partial charge in [-0.1, -0.05) is 30.3 Å². The summed E-state index contributed by atoms with van der Waals surface area (Å²) in [5.74, 6) is 0.446. The summed E-state index contributed by atoms with van der Waals surface area (Å²) in [6.45, 7) is 0. The third kappa shape index (κ3) is 3.72. The topological polar surface area (TPSA) is 55.4 Å². The van der Waals surface area contributed by atoms with E-state index in [1.165, 1.54) is 18.2 Å². The number of sulfonamides is 1. The number of benzene rings is 3.